The summed E-state index contributed by atoms with van der Waals surface area (Å²) in [6, 6.07) is 13.5. The van der Waals surface area contributed by atoms with Gasteiger partial charge in [-0.3, -0.25) is 5.41 Å². The lowest BCUT2D eigenvalue weighted by atomic mass is 10.0. The number of para-hydroxylation sites is 2. The second-order valence-corrected chi connectivity index (χ2v) is 6.85. The van der Waals surface area contributed by atoms with Crippen LogP contribution in [0.25, 0.3) is 22.1 Å². The number of ether oxygens (including phenoxy) is 2. The number of aromatic nitrogens is 4. The topological polar surface area (TPSA) is 126 Å². The van der Waals surface area contributed by atoms with E-state index < -0.39 is 0 Å². The van der Waals surface area contributed by atoms with Gasteiger partial charge < -0.3 is 25.2 Å². The van der Waals surface area contributed by atoms with E-state index in [9.17, 15) is 0 Å². The molecular formula is C21H24N6O2. The number of nitrogens with two attached hydrogens (primary N) is 1. The van der Waals surface area contributed by atoms with E-state index in [4.69, 9.17) is 30.6 Å². The number of hydrogen-bond acceptors (Lipinski definition) is 5. The first-order chi connectivity index (χ1) is 14.2. The van der Waals surface area contributed by atoms with E-state index in [1.54, 1.807) is 7.11 Å². The molecular weight excluding hydrogens is 368 g/mol. The number of fused-ring (bicyclic) bond motifs is 2. The molecule has 0 aliphatic carbocycles. The number of amidine groups is 1. The van der Waals surface area contributed by atoms with Crippen LogP contribution < -0.4 is 5.73 Å². The van der Waals surface area contributed by atoms with Crippen molar-refractivity contribution in [1.82, 2.24) is 19.9 Å². The van der Waals surface area contributed by atoms with Gasteiger partial charge in [0.05, 0.1) is 41.2 Å². The molecule has 1 unspecified atom stereocenters. The van der Waals surface area contributed by atoms with Gasteiger partial charge in [-0.05, 0) is 36.8 Å². The molecule has 1 atom stereocenters. The zero-order valence-corrected chi connectivity index (χ0v) is 16.2. The molecule has 0 aliphatic rings. The molecule has 0 spiro atoms. The Kier molecular flexibility index (Phi) is 5.55. The monoisotopic (exact) mass is 392 g/mol. The predicted molar refractivity (Wildman–Crippen MR) is 112 cm³/mol. The Morgan fingerprint density at radius 1 is 1.00 bits per heavy atom. The summed E-state index contributed by atoms with van der Waals surface area (Å²) >= 11 is 0. The average molecular weight is 392 g/mol. The molecule has 5 N–H and O–H groups in total. The van der Waals surface area contributed by atoms with Crippen molar-refractivity contribution < 1.29 is 9.47 Å². The van der Waals surface area contributed by atoms with Crippen LogP contribution in [-0.2, 0) is 9.47 Å². The lowest BCUT2D eigenvalue weighted by Gasteiger charge is -2.12. The third-order valence-corrected chi connectivity index (χ3v) is 4.86. The van der Waals surface area contributed by atoms with E-state index in [-0.39, 0.29) is 11.8 Å². The highest BCUT2D eigenvalue weighted by molar-refractivity contribution is 5.97. The van der Waals surface area contributed by atoms with Gasteiger partial charge in [-0.1, -0.05) is 12.1 Å². The molecule has 0 fully saturated rings. The number of rotatable bonds is 9. The van der Waals surface area contributed by atoms with E-state index >= 15 is 0 Å². The van der Waals surface area contributed by atoms with Gasteiger partial charge in [0.1, 0.15) is 17.5 Å². The minimum atomic E-state index is -0.0851. The summed E-state index contributed by atoms with van der Waals surface area (Å²) in [6.07, 6.45) is 0.711. The molecule has 0 saturated heterocycles. The summed E-state index contributed by atoms with van der Waals surface area (Å²) in [5.74, 6) is 1.58. The van der Waals surface area contributed by atoms with Crippen molar-refractivity contribution in [3.05, 3.63) is 59.7 Å². The number of benzene rings is 2. The Labute approximate surface area is 168 Å². The van der Waals surface area contributed by atoms with Crippen LogP contribution in [-0.4, -0.2) is 52.7 Å². The fraction of sp³-hybridized carbons (Fsp3) is 0.286. The molecule has 4 aromatic rings. The number of aromatic amines is 2. The Morgan fingerprint density at radius 3 is 2.45 bits per heavy atom. The number of nitrogens with zero attached hydrogens (tertiary/aromatic N) is 2. The van der Waals surface area contributed by atoms with E-state index in [1.165, 1.54) is 0 Å². The SMILES string of the molecule is COCCOCCC(c1nc2ccccc2[nH]1)c1nc2cc(C(=N)N)ccc2[nH]1. The summed E-state index contributed by atoms with van der Waals surface area (Å²) in [6.45, 7) is 1.67. The molecule has 8 heteroatoms. The van der Waals surface area contributed by atoms with Crippen LogP contribution >= 0.6 is 0 Å². The molecule has 0 amide bonds. The van der Waals surface area contributed by atoms with Crippen molar-refractivity contribution in [3.8, 4) is 0 Å². The van der Waals surface area contributed by atoms with Gasteiger partial charge >= 0.3 is 0 Å². The molecule has 0 saturated carbocycles. The zero-order valence-electron chi connectivity index (χ0n) is 16.2. The van der Waals surface area contributed by atoms with Crippen molar-refractivity contribution in [2.24, 2.45) is 5.73 Å². The third-order valence-electron chi connectivity index (χ3n) is 4.86. The van der Waals surface area contributed by atoms with Gasteiger partial charge in [-0.15, -0.1) is 0 Å². The highest BCUT2D eigenvalue weighted by atomic mass is 16.5. The number of methoxy groups -OCH3 is 1. The fourth-order valence-electron chi connectivity index (χ4n) is 3.34. The van der Waals surface area contributed by atoms with E-state index in [1.807, 2.05) is 42.5 Å². The predicted octanol–water partition coefficient (Wildman–Crippen LogP) is 2.91. The summed E-state index contributed by atoms with van der Waals surface area (Å²) in [5, 5.41) is 7.64. The van der Waals surface area contributed by atoms with Crippen LogP contribution in [0.15, 0.2) is 42.5 Å². The van der Waals surface area contributed by atoms with Crippen LogP contribution in [0, 0.1) is 5.41 Å². The molecule has 0 bridgehead atoms. The fourth-order valence-corrected chi connectivity index (χ4v) is 3.34. The van der Waals surface area contributed by atoms with Gasteiger partial charge in [-0.25, -0.2) is 9.97 Å². The molecule has 2 aromatic heterocycles. The lowest BCUT2D eigenvalue weighted by Crippen LogP contribution is -2.11. The lowest BCUT2D eigenvalue weighted by molar-refractivity contribution is 0.0677. The first kappa shape index (κ1) is 19.1. The smallest absolute Gasteiger partial charge is 0.122 e. The molecule has 0 radical (unpaired) electrons. The molecule has 2 heterocycles. The van der Waals surface area contributed by atoms with Crippen LogP contribution in [0.3, 0.4) is 0 Å². The second-order valence-electron chi connectivity index (χ2n) is 6.85. The van der Waals surface area contributed by atoms with Gasteiger partial charge in [-0.2, -0.15) is 0 Å². The van der Waals surface area contributed by atoms with Gasteiger partial charge in [0.2, 0.25) is 0 Å². The highest BCUT2D eigenvalue weighted by Crippen LogP contribution is 2.28. The van der Waals surface area contributed by atoms with E-state index in [0.29, 0.717) is 31.8 Å². The van der Waals surface area contributed by atoms with Crippen molar-refractivity contribution in [3.63, 3.8) is 0 Å². The molecule has 2 aromatic carbocycles. The number of imidazole rings is 2. The van der Waals surface area contributed by atoms with Crippen LogP contribution in [0.4, 0.5) is 0 Å². The van der Waals surface area contributed by atoms with E-state index in [0.717, 1.165) is 33.7 Å². The maximum absolute atomic E-state index is 7.64. The minimum Gasteiger partial charge on any atom is -0.384 e. The number of H-pyrrole nitrogens is 2. The maximum Gasteiger partial charge on any atom is 0.122 e. The van der Waals surface area contributed by atoms with Crippen molar-refractivity contribution in [1.29, 1.82) is 5.41 Å². The largest absolute Gasteiger partial charge is 0.384 e. The van der Waals surface area contributed by atoms with Crippen LogP contribution in [0.5, 0.6) is 0 Å². The second kappa shape index (κ2) is 8.42. The average Bonchev–Trinajstić information content (AvgIpc) is 3.33. The number of nitrogen functional groups attached to an aromatic ring is 1. The van der Waals surface area contributed by atoms with Crippen molar-refractivity contribution >= 4 is 27.9 Å². The molecule has 8 nitrogen and oxygen atoms in total. The Balaban J connectivity index is 1.67. The molecule has 150 valence electrons. The molecule has 0 aliphatic heterocycles. The first-order valence-corrected chi connectivity index (χ1v) is 9.51. The summed E-state index contributed by atoms with van der Waals surface area (Å²) in [4.78, 5) is 16.3. The highest BCUT2D eigenvalue weighted by Gasteiger charge is 2.22. The van der Waals surface area contributed by atoms with Gasteiger partial charge in [0.15, 0.2) is 0 Å². The summed E-state index contributed by atoms with van der Waals surface area (Å²) in [5.41, 5.74) is 9.84. The minimum absolute atomic E-state index is 0.0248. The quantitative estimate of drug-likeness (QED) is 0.198. The Bertz CT molecular complexity index is 1100. The Morgan fingerprint density at radius 2 is 1.72 bits per heavy atom. The van der Waals surface area contributed by atoms with E-state index in [2.05, 4.69) is 9.97 Å². The summed E-state index contributed by atoms with van der Waals surface area (Å²) < 4.78 is 10.7. The standard InChI is InChI=1S/C21H24N6O2/c1-28-10-11-29-9-8-14(20-24-15-4-2-3-5-16(15)25-20)21-26-17-7-6-13(19(22)23)12-18(17)27-21/h2-7,12,14H,8-11H2,1H3,(H3,22,23)(H,24,25)(H,26,27). The zero-order chi connectivity index (χ0) is 20.2. The van der Waals surface area contributed by atoms with Crippen molar-refractivity contribution in [2.75, 3.05) is 26.9 Å². The third kappa shape index (κ3) is 4.13. The number of hydrogen-bond donors (Lipinski definition) is 4. The molecule has 29 heavy (non-hydrogen) atoms. The van der Waals surface area contributed by atoms with Crippen LogP contribution in [0.2, 0.25) is 0 Å². The molecule has 4 rings (SSSR count). The maximum atomic E-state index is 7.64. The first-order valence-electron chi connectivity index (χ1n) is 9.51. The summed E-state index contributed by atoms with van der Waals surface area (Å²) in [7, 11) is 1.66. The Hall–Kier alpha value is -3.23. The number of nitrogens with one attached hydrogen (secondary N) is 3. The normalized spacial score (nSPS) is 12.6. The van der Waals surface area contributed by atoms with Gasteiger partial charge in [0, 0.05) is 19.3 Å². The van der Waals surface area contributed by atoms with Crippen molar-refractivity contribution in [2.45, 2.75) is 12.3 Å². The van der Waals surface area contributed by atoms with Gasteiger partial charge in [0.25, 0.3) is 0 Å². The van der Waals surface area contributed by atoms with Crippen LogP contribution in [0.1, 0.15) is 29.6 Å².